The number of para-hydroxylation sites is 1. The highest BCUT2D eigenvalue weighted by atomic mass is 79.9. The van der Waals surface area contributed by atoms with Gasteiger partial charge >= 0.3 is 0 Å². The van der Waals surface area contributed by atoms with Crippen LogP contribution in [0.1, 0.15) is 12.5 Å². The largest absolute Gasteiger partial charge is 0.369 e. The normalized spacial score (nSPS) is 12.3. The average Bonchev–Trinajstić information content (AvgIpc) is 3.00. The third-order valence-corrected chi connectivity index (χ3v) is 5.93. The molecule has 3 aromatic rings. The van der Waals surface area contributed by atoms with Crippen molar-refractivity contribution in [1.29, 1.82) is 5.41 Å². The highest BCUT2D eigenvalue weighted by Crippen LogP contribution is 2.27. The minimum Gasteiger partial charge on any atom is -0.369 e. The van der Waals surface area contributed by atoms with E-state index in [4.69, 9.17) is 11.1 Å². The van der Waals surface area contributed by atoms with Crippen molar-refractivity contribution in [3.63, 3.8) is 0 Å². The first kappa shape index (κ1) is 18.2. The summed E-state index contributed by atoms with van der Waals surface area (Å²) in [6, 6.07) is 13.7. The molecule has 3 rings (SSSR count). The molecule has 0 saturated carbocycles. The van der Waals surface area contributed by atoms with Crippen LogP contribution < -0.4 is 11.2 Å². The summed E-state index contributed by atoms with van der Waals surface area (Å²) in [5.74, 6) is -0.296. The topological polar surface area (TPSA) is 113 Å². The first-order chi connectivity index (χ1) is 12.3. The molecule has 2 aromatic carbocycles. The van der Waals surface area contributed by atoms with Gasteiger partial charge in [0.15, 0.2) is 0 Å². The summed E-state index contributed by atoms with van der Waals surface area (Å²) in [5, 5.41) is 12.0. The van der Waals surface area contributed by atoms with Crippen molar-refractivity contribution in [2.24, 2.45) is 10.8 Å². The molecular formula is C17H16BrN5O2S. The summed E-state index contributed by atoms with van der Waals surface area (Å²) in [6.45, 7) is 1.72. The van der Waals surface area contributed by atoms with Gasteiger partial charge in [0, 0.05) is 21.6 Å². The number of aromatic nitrogens is 1. The molecule has 0 spiro atoms. The number of rotatable bonds is 4. The molecule has 0 bridgehead atoms. The van der Waals surface area contributed by atoms with Crippen LogP contribution in [0.2, 0.25) is 0 Å². The SMILES string of the molecule is C/C(=N/NC(=N)N)c1cn(S(=O)(=O)c2cccc(Br)c2)c2ccccc12. The van der Waals surface area contributed by atoms with Crippen LogP contribution in [0, 0.1) is 5.41 Å². The van der Waals surface area contributed by atoms with Crippen LogP contribution in [0.25, 0.3) is 10.9 Å². The van der Waals surface area contributed by atoms with Crippen LogP contribution in [0.15, 0.2) is 69.2 Å². The van der Waals surface area contributed by atoms with Gasteiger partial charge in [0.25, 0.3) is 10.0 Å². The summed E-state index contributed by atoms with van der Waals surface area (Å²) in [5.41, 5.74) is 9.32. The number of halogens is 1. The predicted molar refractivity (Wildman–Crippen MR) is 106 cm³/mol. The van der Waals surface area contributed by atoms with E-state index in [9.17, 15) is 8.42 Å². The standard InChI is InChI=1S/C17H16BrN5O2S/c1-11(21-22-17(19)20)15-10-23(16-8-3-2-7-14(15)16)26(24,25)13-6-4-5-12(18)9-13/h2-10H,1H3,(H4,19,20,22)/b21-11-. The van der Waals surface area contributed by atoms with Gasteiger partial charge in [-0.25, -0.2) is 17.8 Å². The monoisotopic (exact) mass is 433 g/mol. The molecule has 0 fully saturated rings. The Morgan fingerprint density at radius 1 is 1.23 bits per heavy atom. The van der Waals surface area contributed by atoms with Gasteiger partial charge in [0.2, 0.25) is 5.96 Å². The summed E-state index contributed by atoms with van der Waals surface area (Å²) in [6.07, 6.45) is 1.53. The van der Waals surface area contributed by atoms with Crippen molar-refractivity contribution in [3.05, 3.63) is 64.8 Å². The predicted octanol–water partition coefficient (Wildman–Crippen LogP) is 2.85. The van der Waals surface area contributed by atoms with Crippen LogP contribution in [0.4, 0.5) is 0 Å². The molecule has 1 heterocycles. The fourth-order valence-electron chi connectivity index (χ4n) is 2.58. The van der Waals surface area contributed by atoms with Gasteiger partial charge in [-0.1, -0.05) is 40.2 Å². The lowest BCUT2D eigenvalue weighted by atomic mass is 10.1. The Labute approximate surface area is 159 Å². The zero-order valence-electron chi connectivity index (χ0n) is 13.8. The molecule has 134 valence electrons. The molecule has 4 N–H and O–H groups in total. The lowest BCUT2D eigenvalue weighted by Crippen LogP contribution is -2.26. The highest BCUT2D eigenvalue weighted by molar-refractivity contribution is 9.10. The van der Waals surface area contributed by atoms with Crippen molar-refractivity contribution < 1.29 is 8.42 Å². The minimum absolute atomic E-state index is 0.177. The molecule has 0 saturated heterocycles. The molecule has 1 aromatic heterocycles. The van der Waals surface area contributed by atoms with Gasteiger partial charge in [-0.3, -0.25) is 5.41 Å². The number of hydrazone groups is 1. The first-order valence-corrected chi connectivity index (χ1v) is 9.80. The lowest BCUT2D eigenvalue weighted by Gasteiger charge is -2.07. The number of guanidine groups is 1. The smallest absolute Gasteiger partial charge is 0.268 e. The fourth-order valence-corrected chi connectivity index (χ4v) is 4.55. The molecule has 0 aliphatic rings. The maximum Gasteiger partial charge on any atom is 0.268 e. The number of nitrogens with two attached hydrogens (primary N) is 1. The van der Waals surface area contributed by atoms with Crippen LogP contribution in [-0.4, -0.2) is 24.1 Å². The molecule has 0 aliphatic heterocycles. The Morgan fingerprint density at radius 2 is 1.96 bits per heavy atom. The minimum atomic E-state index is -3.79. The summed E-state index contributed by atoms with van der Waals surface area (Å²) < 4.78 is 28.2. The number of fused-ring (bicyclic) bond motifs is 1. The fraction of sp³-hybridized carbons (Fsp3) is 0.0588. The van der Waals surface area contributed by atoms with Gasteiger partial charge < -0.3 is 5.73 Å². The zero-order valence-corrected chi connectivity index (χ0v) is 16.2. The molecule has 26 heavy (non-hydrogen) atoms. The number of benzene rings is 2. The Morgan fingerprint density at radius 3 is 2.65 bits per heavy atom. The van der Waals surface area contributed by atoms with Crippen LogP contribution >= 0.6 is 15.9 Å². The Balaban J connectivity index is 2.22. The highest BCUT2D eigenvalue weighted by Gasteiger charge is 2.22. The Kier molecular flexibility index (Phi) is 4.84. The number of nitrogens with zero attached hydrogens (tertiary/aromatic N) is 2. The third-order valence-electron chi connectivity index (χ3n) is 3.76. The molecule has 0 radical (unpaired) electrons. The molecule has 7 nitrogen and oxygen atoms in total. The van der Waals surface area contributed by atoms with E-state index < -0.39 is 10.0 Å². The van der Waals surface area contributed by atoms with E-state index in [1.165, 1.54) is 10.2 Å². The van der Waals surface area contributed by atoms with Gasteiger partial charge in [-0.15, -0.1) is 0 Å². The summed E-state index contributed by atoms with van der Waals surface area (Å²) >= 11 is 3.31. The van der Waals surface area contributed by atoms with E-state index in [0.717, 1.165) is 5.39 Å². The van der Waals surface area contributed by atoms with Gasteiger partial charge in [0.1, 0.15) is 0 Å². The van der Waals surface area contributed by atoms with Crippen molar-refractivity contribution in [1.82, 2.24) is 9.40 Å². The second-order valence-corrected chi connectivity index (χ2v) is 8.27. The molecule has 0 atom stereocenters. The Bertz CT molecular complexity index is 1140. The second kappa shape index (κ2) is 6.93. The molecule has 0 amide bonds. The van der Waals surface area contributed by atoms with Crippen LogP contribution in [-0.2, 0) is 10.0 Å². The lowest BCUT2D eigenvalue weighted by molar-refractivity contribution is 0.589. The van der Waals surface area contributed by atoms with E-state index in [1.807, 2.05) is 12.1 Å². The van der Waals surface area contributed by atoms with Gasteiger partial charge in [-0.05, 0) is 31.2 Å². The van der Waals surface area contributed by atoms with Crippen molar-refractivity contribution >= 4 is 48.5 Å². The van der Waals surface area contributed by atoms with E-state index in [2.05, 4.69) is 26.5 Å². The van der Waals surface area contributed by atoms with Gasteiger partial charge in [-0.2, -0.15) is 5.10 Å². The van der Waals surface area contributed by atoms with E-state index >= 15 is 0 Å². The molecule has 9 heteroatoms. The van der Waals surface area contributed by atoms with Crippen molar-refractivity contribution in [3.8, 4) is 0 Å². The first-order valence-electron chi connectivity index (χ1n) is 7.56. The number of hydrogen-bond donors (Lipinski definition) is 3. The average molecular weight is 434 g/mol. The summed E-state index contributed by atoms with van der Waals surface area (Å²) in [4.78, 5) is 0.177. The zero-order chi connectivity index (χ0) is 18.9. The van der Waals surface area contributed by atoms with Gasteiger partial charge in [0.05, 0.1) is 16.1 Å². The third kappa shape index (κ3) is 3.35. The van der Waals surface area contributed by atoms with Crippen molar-refractivity contribution in [2.75, 3.05) is 0 Å². The maximum absolute atomic E-state index is 13.1. The van der Waals surface area contributed by atoms with E-state index in [-0.39, 0.29) is 10.9 Å². The quantitative estimate of drug-likeness (QED) is 0.333. The van der Waals surface area contributed by atoms with Crippen LogP contribution in [0.5, 0.6) is 0 Å². The van der Waals surface area contributed by atoms with E-state index in [1.54, 1.807) is 43.3 Å². The second-order valence-electron chi connectivity index (χ2n) is 5.54. The number of nitrogens with one attached hydrogen (secondary N) is 2. The van der Waals surface area contributed by atoms with Crippen molar-refractivity contribution in [2.45, 2.75) is 11.8 Å². The molecule has 0 unspecified atom stereocenters. The summed E-state index contributed by atoms with van der Waals surface area (Å²) in [7, 11) is -3.79. The Hall–Kier alpha value is -2.65. The van der Waals surface area contributed by atoms with Crippen LogP contribution in [0.3, 0.4) is 0 Å². The van der Waals surface area contributed by atoms with E-state index in [0.29, 0.717) is 21.3 Å². The molecular weight excluding hydrogens is 418 g/mol. The molecule has 0 aliphatic carbocycles. The maximum atomic E-state index is 13.1. The number of hydrogen-bond acceptors (Lipinski definition) is 4.